The number of rotatable bonds is 3. The fourth-order valence-electron chi connectivity index (χ4n) is 11.6. The van der Waals surface area contributed by atoms with Crippen LogP contribution in [0.15, 0.2) is 24.3 Å². The number of aliphatic hydroxyl groups excluding tert-OH is 1. The van der Waals surface area contributed by atoms with Gasteiger partial charge in [0.15, 0.2) is 0 Å². The second-order valence-corrected chi connectivity index (χ2v) is 16.3. The Morgan fingerprint density at radius 3 is 1.45 bits per heavy atom. The first-order chi connectivity index (χ1) is 22.7. The summed E-state index contributed by atoms with van der Waals surface area (Å²) in [6, 6.07) is 0. The molecule has 2 saturated heterocycles. The monoisotopic (exact) mass is 686 g/mol. The minimum Gasteiger partial charge on any atom is -0.462 e. The van der Waals surface area contributed by atoms with Crippen LogP contribution in [0.2, 0.25) is 0 Å². The molecular weight excluding hydrogens is 632 g/mol. The fourth-order valence-corrected chi connectivity index (χ4v) is 11.6. The summed E-state index contributed by atoms with van der Waals surface area (Å²) >= 11 is 0. The molecule has 2 aliphatic heterocycles. The predicted molar refractivity (Wildman–Crippen MR) is 176 cm³/mol. The normalized spacial score (nSPS) is 46.7. The van der Waals surface area contributed by atoms with Crippen molar-refractivity contribution in [2.24, 2.45) is 58.2 Å². The molecule has 0 aromatic carbocycles. The number of ether oxygens (including phenoxy) is 5. The van der Waals surface area contributed by atoms with Gasteiger partial charge in [0.05, 0.1) is 17.9 Å². The fraction of sp³-hybridized carbons (Fsp3) is 0.763. The molecule has 0 unspecified atom stereocenters. The van der Waals surface area contributed by atoms with E-state index in [4.69, 9.17) is 23.7 Å². The van der Waals surface area contributed by atoms with Crippen LogP contribution in [0.5, 0.6) is 0 Å². The number of carbonyl (C=O) groups is 5. The topological polar surface area (TPSA) is 152 Å². The van der Waals surface area contributed by atoms with Gasteiger partial charge in [-0.2, -0.15) is 0 Å². The lowest BCUT2D eigenvalue weighted by molar-refractivity contribution is -0.177. The first kappa shape index (κ1) is 37.1. The lowest BCUT2D eigenvalue weighted by Crippen LogP contribution is -2.51. The van der Waals surface area contributed by atoms with E-state index in [1.54, 1.807) is 0 Å². The van der Waals surface area contributed by atoms with E-state index >= 15 is 0 Å². The van der Waals surface area contributed by atoms with E-state index in [1.165, 1.54) is 20.8 Å². The lowest BCUT2D eigenvalue weighted by atomic mass is 9.65. The van der Waals surface area contributed by atoms with E-state index in [2.05, 4.69) is 40.9 Å². The smallest absolute Gasteiger partial charge is 0.334 e. The highest BCUT2D eigenvalue weighted by Gasteiger charge is 2.67. The van der Waals surface area contributed by atoms with Crippen molar-refractivity contribution in [2.75, 3.05) is 0 Å². The van der Waals surface area contributed by atoms with Crippen LogP contribution in [0.1, 0.15) is 88.0 Å². The van der Waals surface area contributed by atoms with E-state index in [9.17, 15) is 29.1 Å². The molecule has 2 heterocycles. The van der Waals surface area contributed by atoms with Crippen molar-refractivity contribution in [1.29, 1.82) is 0 Å². The predicted octanol–water partition coefficient (Wildman–Crippen LogP) is 4.73. The average molecular weight is 687 g/mol. The average Bonchev–Trinajstić information content (AvgIpc) is 3.54. The van der Waals surface area contributed by atoms with Crippen LogP contribution in [0.4, 0.5) is 0 Å². The number of fused-ring (bicyclic) bond motifs is 4. The molecule has 1 N–H and O–H groups in total. The summed E-state index contributed by atoms with van der Waals surface area (Å²) in [5.74, 6) is -1.31. The van der Waals surface area contributed by atoms with Crippen molar-refractivity contribution in [3.8, 4) is 0 Å². The summed E-state index contributed by atoms with van der Waals surface area (Å²) in [7, 11) is 0. The van der Waals surface area contributed by atoms with Crippen LogP contribution in [0.25, 0.3) is 0 Å². The third-order valence-corrected chi connectivity index (χ3v) is 13.1. The Morgan fingerprint density at radius 2 is 1.02 bits per heavy atom. The van der Waals surface area contributed by atoms with Gasteiger partial charge in [0, 0.05) is 42.7 Å². The first-order valence-corrected chi connectivity index (χ1v) is 17.7. The van der Waals surface area contributed by atoms with E-state index in [-0.39, 0.29) is 53.9 Å². The Kier molecular flexibility index (Phi) is 9.95. The van der Waals surface area contributed by atoms with Gasteiger partial charge in [-0.05, 0) is 61.2 Å². The van der Waals surface area contributed by atoms with Crippen LogP contribution in [-0.4, -0.2) is 71.6 Å². The van der Waals surface area contributed by atoms with Crippen LogP contribution in [0.3, 0.4) is 0 Å². The molecule has 4 saturated carbocycles. The highest BCUT2D eigenvalue weighted by molar-refractivity contribution is 5.91. The number of hydrogen-bond donors (Lipinski definition) is 1. The Morgan fingerprint density at radius 1 is 0.653 bits per heavy atom. The van der Waals surface area contributed by atoms with Crippen molar-refractivity contribution in [1.82, 2.24) is 0 Å². The molecule has 0 spiro atoms. The highest BCUT2D eigenvalue weighted by atomic mass is 16.6. The quantitative estimate of drug-likeness (QED) is 0.249. The van der Waals surface area contributed by atoms with Crippen LogP contribution >= 0.6 is 0 Å². The van der Waals surface area contributed by atoms with Crippen LogP contribution in [-0.2, 0) is 47.7 Å². The maximum atomic E-state index is 12.2. The molecule has 49 heavy (non-hydrogen) atoms. The Bertz CT molecular complexity index is 1420. The molecule has 11 heteroatoms. The van der Waals surface area contributed by atoms with Gasteiger partial charge in [0.25, 0.3) is 0 Å². The lowest BCUT2D eigenvalue weighted by Gasteiger charge is -2.44. The summed E-state index contributed by atoms with van der Waals surface area (Å²) in [6.45, 7) is 24.5. The second-order valence-electron chi connectivity index (χ2n) is 16.3. The molecule has 16 atom stereocenters. The SMILES string of the molecule is C=C1C(=O)O[C@H]2C[C@@H](C)[C@@H]3[C@@H](C)C[C@H](O)[C@@]3(C)[C@@H](OC(C)=O)[C@H]12.C=C1C(=O)O[C@H]2C[C@@H](C)[C@@H]3[C@@H](C)C[C@H](OC(C)=O)[C@@]3(C)[C@@H](OC(C)=O)[C@H]12. The van der Waals surface area contributed by atoms with E-state index in [1.807, 2.05) is 13.8 Å². The van der Waals surface area contributed by atoms with Gasteiger partial charge in [0.2, 0.25) is 0 Å². The zero-order chi connectivity index (χ0) is 36.5. The minimum atomic E-state index is -0.617. The number of carbonyl (C=O) groups excluding carboxylic acids is 5. The van der Waals surface area contributed by atoms with Crippen LogP contribution < -0.4 is 0 Å². The molecule has 0 bridgehead atoms. The molecule has 6 fully saturated rings. The number of esters is 5. The maximum absolute atomic E-state index is 12.2. The Hall–Kier alpha value is -3.21. The van der Waals surface area contributed by atoms with Crippen molar-refractivity contribution in [3.63, 3.8) is 0 Å². The van der Waals surface area contributed by atoms with Crippen molar-refractivity contribution < 1.29 is 52.8 Å². The van der Waals surface area contributed by atoms with Crippen LogP contribution in [0, 0.1) is 58.2 Å². The minimum absolute atomic E-state index is 0.174. The molecule has 0 aromatic heterocycles. The number of aliphatic hydroxyl groups is 1. The van der Waals surface area contributed by atoms with Gasteiger partial charge >= 0.3 is 29.8 Å². The largest absolute Gasteiger partial charge is 0.462 e. The van der Waals surface area contributed by atoms with Gasteiger partial charge in [-0.25, -0.2) is 9.59 Å². The molecule has 11 nitrogen and oxygen atoms in total. The zero-order valence-electron chi connectivity index (χ0n) is 30.4. The summed E-state index contributed by atoms with van der Waals surface area (Å²) in [5, 5.41) is 10.8. The molecule has 0 amide bonds. The molecule has 6 rings (SSSR count). The zero-order valence-corrected chi connectivity index (χ0v) is 30.4. The van der Waals surface area contributed by atoms with Crippen molar-refractivity contribution in [2.45, 2.75) is 125 Å². The second kappa shape index (κ2) is 13.2. The Labute approximate surface area is 289 Å². The first-order valence-electron chi connectivity index (χ1n) is 17.7. The van der Waals surface area contributed by atoms with Gasteiger partial charge < -0.3 is 28.8 Å². The summed E-state index contributed by atoms with van der Waals surface area (Å²) in [5.41, 5.74) is -0.494. The van der Waals surface area contributed by atoms with Gasteiger partial charge in [-0.1, -0.05) is 54.7 Å². The third kappa shape index (κ3) is 6.01. The van der Waals surface area contributed by atoms with Crippen molar-refractivity contribution in [3.05, 3.63) is 24.3 Å². The summed E-state index contributed by atoms with van der Waals surface area (Å²) < 4.78 is 28.3. The van der Waals surface area contributed by atoms with E-state index in [0.29, 0.717) is 48.7 Å². The summed E-state index contributed by atoms with van der Waals surface area (Å²) in [4.78, 5) is 59.6. The van der Waals surface area contributed by atoms with Gasteiger partial charge in [0.1, 0.15) is 30.5 Å². The molecule has 4 aliphatic carbocycles. The van der Waals surface area contributed by atoms with Gasteiger partial charge in [-0.3, -0.25) is 14.4 Å². The molecular formula is C38H54O11. The standard InChI is InChI=1S/C20H28O6.C18H26O5/c1-9-7-14-16(11(3)19(23)26-14)18(25-13(5)22)20(6)15(24-12(4)21)8-10(2)17(9)20;1-8-6-12-14(10(3)17(21)23-12)16(22-11(4)19)18(5)13(20)7-9(2)15(8)18/h9-10,14-18H,3,7-8H2,1-2,4-6H3;8-9,12-16,20H,3,6-7H2,1-2,4-5H3/t9-,10+,14+,15+,16-,17-,18+,20-;8-,9+,12+,13+,14-,15-,16+,18-/m11/s1. The van der Waals surface area contributed by atoms with Gasteiger partial charge in [-0.15, -0.1) is 0 Å². The molecule has 0 radical (unpaired) electrons. The van der Waals surface area contributed by atoms with E-state index in [0.717, 1.165) is 0 Å². The highest BCUT2D eigenvalue weighted by Crippen LogP contribution is 2.62. The Balaban J connectivity index is 0.000000192. The molecule has 6 aliphatic rings. The third-order valence-electron chi connectivity index (χ3n) is 13.1. The van der Waals surface area contributed by atoms with Crippen molar-refractivity contribution >= 4 is 29.8 Å². The molecule has 272 valence electrons. The number of hydrogen-bond acceptors (Lipinski definition) is 11. The molecule has 0 aromatic rings. The maximum Gasteiger partial charge on any atom is 0.334 e. The van der Waals surface area contributed by atoms with E-state index < -0.39 is 58.9 Å². The summed E-state index contributed by atoms with van der Waals surface area (Å²) in [6.07, 6.45) is -0.0470.